The van der Waals surface area contributed by atoms with E-state index in [9.17, 15) is 0 Å². The Morgan fingerprint density at radius 1 is 1.00 bits per heavy atom. The maximum absolute atomic E-state index is 5.82. The number of halogens is 1. The van der Waals surface area contributed by atoms with Crippen LogP contribution >= 0.6 is 15.9 Å². The number of benzene rings is 2. The predicted octanol–water partition coefficient (Wildman–Crippen LogP) is 3.92. The van der Waals surface area contributed by atoms with Gasteiger partial charge in [-0.3, -0.25) is 0 Å². The van der Waals surface area contributed by atoms with Crippen molar-refractivity contribution in [3.05, 3.63) is 64.1 Å². The molecule has 0 unspecified atom stereocenters. The summed E-state index contributed by atoms with van der Waals surface area (Å²) in [5, 5.41) is 0. The molecule has 2 N–H and O–H groups in total. The van der Waals surface area contributed by atoms with E-state index in [4.69, 9.17) is 10.5 Å². The van der Waals surface area contributed by atoms with E-state index in [1.807, 2.05) is 24.3 Å². The van der Waals surface area contributed by atoms with Crippen LogP contribution in [0.2, 0.25) is 0 Å². The molecular weight excluding hydrogens is 302 g/mol. The molecule has 0 atom stereocenters. The van der Waals surface area contributed by atoms with E-state index >= 15 is 0 Å². The van der Waals surface area contributed by atoms with Crippen molar-refractivity contribution in [3.8, 4) is 5.75 Å². The minimum atomic E-state index is 0.583. The van der Waals surface area contributed by atoms with Gasteiger partial charge in [-0.1, -0.05) is 40.2 Å². The Kier molecular flexibility index (Phi) is 5.43. The first-order valence-electron chi connectivity index (χ1n) is 6.44. The number of ether oxygens (including phenoxy) is 1. The van der Waals surface area contributed by atoms with Crippen molar-refractivity contribution in [1.82, 2.24) is 0 Å². The third-order valence-electron chi connectivity index (χ3n) is 2.86. The topological polar surface area (TPSA) is 35.2 Å². The molecule has 100 valence electrons. The highest BCUT2D eigenvalue weighted by molar-refractivity contribution is 9.10. The lowest BCUT2D eigenvalue weighted by Gasteiger charge is -2.08. The van der Waals surface area contributed by atoms with Gasteiger partial charge in [-0.2, -0.15) is 0 Å². The number of aryl methyl sites for hydroxylation is 1. The maximum Gasteiger partial charge on any atom is 0.120 e. The zero-order valence-corrected chi connectivity index (χ0v) is 12.4. The fourth-order valence-corrected chi connectivity index (χ4v) is 2.34. The molecule has 0 saturated carbocycles. The van der Waals surface area contributed by atoms with Crippen molar-refractivity contribution in [1.29, 1.82) is 0 Å². The summed E-state index contributed by atoms with van der Waals surface area (Å²) in [6, 6.07) is 16.4. The van der Waals surface area contributed by atoms with Crippen LogP contribution in [0.4, 0.5) is 0 Å². The highest BCUT2D eigenvalue weighted by Gasteiger charge is 1.99. The van der Waals surface area contributed by atoms with Gasteiger partial charge >= 0.3 is 0 Å². The van der Waals surface area contributed by atoms with Crippen molar-refractivity contribution in [3.63, 3.8) is 0 Å². The number of hydrogen-bond acceptors (Lipinski definition) is 2. The average molecular weight is 320 g/mol. The first-order valence-corrected chi connectivity index (χ1v) is 7.23. The van der Waals surface area contributed by atoms with Gasteiger partial charge in [0.1, 0.15) is 12.4 Å². The van der Waals surface area contributed by atoms with Crippen LogP contribution < -0.4 is 10.5 Å². The van der Waals surface area contributed by atoms with Crippen LogP contribution in [0.15, 0.2) is 53.0 Å². The fourth-order valence-electron chi connectivity index (χ4n) is 1.89. The Morgan fingerprint density at radius 2 is 1.79 bits per heavy atom. The van der Waals surface area contributed by atoms with Crippen LogP contribution in [0.25, 0.3) is 0 Å². The van der Waals surface area contributed by atoms with E-state index in [-0.39, 0.29) is 0 Å². The fraction of sp³-hybridized carbons (Fsp3) is 0.250. The standard InChI is InChI=1S/C16H18BrNO/c17-15-7-1-5-14(10-15)12-19-16-8-2-4-13(11-16)6-3-9-18/h1-2,4-5,7-8,10-11H,3,6,9,12,18H2. The lowest BCUT2D eigenvalue weighted by molar-refractivity contribution is 0.306. The van der Waals surface area contributed by atoms with Crippen LogP contribution in [0, 0.1) is 0 Å². The number of hydrogen-bond donors (Lipinski definition) is 1. The second kappa shape index (κ2) is 7.31. The lowest BCUT2D eigenvalue weighted by atomic mass is 10.1. The quantitative estimate of drug-likeness (QED) is 0.875. The molecule has 2 aromatic rings. The first kappa shape index (κ1) is 14.1. The van der Waals surface area contributed by atoms with Crippen molar-refractivity contribution >= 4 is 15.9 Å². The summed E-state index contributed by atoms with van der Waals surface area (Å²) in [7, 11) is 0. The highest BCUT2D eigenvalue weighted by atomic mass is 79.9. The van der Waals surface area contributed by atoms with Gasteiger partial charge < -0.3 is 10.5 Å². The second-order valence-corrected chi connectivity index (χ2v) is 5.37. The maximum atomic E-state index is 5.82. The summed E-state index contributed by atoms with van der Waals surface area (Å²) in [4.78, 5) is 0. The molecule has 0 aliphatic rings. The highest BCUT2D eigenvalue weighted by Crippen LogP contribution is 2.17. The van der Waals surface area contributed by atoms with E-state index in [2.05, 4.69) is 40.2 Å². The van der Waals surface area contributed by atoms with Crippen molar-refractivity contribution in [2.45, 2.75) is 19.4 Å². The lowest BCUT2D eigenvalue weighted by Crippen LogP contribution is -2.00. The third kappa shape index (κ3) is 4.69. The van der Waals surface area contributed by atoms with E-state index < -0.39 is 0 Å². The zero-order chi connectivity index (χ0) is 13.5. The van der Waals surface area contributed by atoms with Crippen molar-refractivity contribution in [2.75, 3.05) is 6.54 Å². The van der Waals surface area contributed by atoms with Crippen LogP contribution in [-0.4, -0.2) is 6.54 Å². The molecule has 0 spiro atoms. The first-order chi connectivity index (χ1) is 9.28. The predicted molar refractivity (Wildman–Crippen MR) is 82.3 cm³/mol. The van der Waals surface area contributed by atoms with Gasteiger partial charge in [-0.15, -0.1) is 0 Å². The summed E-state index contributed by atoms with van der Waals surface area (Å²) in [5.41, 5.74) is 7.96. The number of rotatable bonds is 6. The van der Waals surface area contributed by atoms with Crippen LogP contribution in [-0.2, 0) is 13.0 Å². The normalized spacial score (nSPS) is 10.4. The Bertz CT molecular complexity index is 528. The molecule has 2 rings (SSSR count). The SMILES string of the molecule is NCCCc1cccc(OCc2cccc(Br)c2)c1. The van der Waals surface area contributed by atoms with Gasteiger partial charge in [0.25, 0.3) is 0 Å². The molecule has 0 aliphatic heterocycles. The average Bonchev–Trinajstić information content (AvgIpc) is 2.43. The molecule has 3 heteroatoms. The van der Waals surface area contributed by atoms with E-state index in [1.54, 1.807) is 0 Å². The second-order valence-electron chi connectivity index (χ2n) is 4.46. The van der Waals surface area contributed by atoms with Gasteiger partial charge in [0.15, 0.2) is 0 Å². The summed E-state index contributed by atoms with van der Waals surface area (Å²) < 4.78 is 6.89. The van der Waals surface area contributed by atoms with Crippen LogP contribution in [0.5, 0.6) is 5.75 Å². The smallest absolute Gasteiger partial charge is 0.120 e. The van der Waals surface area contributed by atoms with E-state index in [1.165, 1.54) is 5.56 Å². The Morgan fingerprint density at radius 3 is 2.58 bits per heavy atom. The van der Waals surface area contributed by atoms with Gasteiger partial charge in [0, 0.05) is 4.47 Å². The molecule has 0 aromatic heterocycles. The molecule has 0 heterocycles. The van der Waals surface area contributed by atoms with Gasteiger partial charge in [0.05, 0.1) is 0 Å². The van der Waals surface area contributed by atoms with Gasteiger partial charge in [-0.25, -0.2) is 0 Å². The molecule has 0 fully saturated rings. The molecule has 0 saturated heterocycles. The van der Waals surface area contributed by atoms with Crippen molar-refractivity contribution < 1.29 is 4.74 Å². The zero-order valence-electron chi connectivity index (χ0n) is 10.8. The van der Waals surface area contributed by atoms with Gasteiger partial charge in [-0.05, 0) is 54.8 Å². The molecule has 0 aliphatic carbocycles. The Balaban J connectivity index is 1.95. The minimum Gasteiger partial charge on any atom is -0.489 e. The van der Waals surface area contributed by atoms with Crippen molar-refractivity contribution in [2.24, 2.45) is 5.73 Å². The van der Waals surface area contributed by atoms with E-state index in [0.29, 0.717) is 6.61 Å². The molecule has 0 amide bonds. The molecular formula is C16H18BrNO. The molecule has 0 bridgehead atoms. The Labute approximate surface area is 122 Å². The van der Waals surface area contributed by atoms with Crippen LogP contribution in [0.3, 0.4) is 0 Å². The summed E-state index contributed by atoms with van der Waals surface area (Å²) in [5.74, 6) is 0.912. The van der Waals surface area contributed by atoms with Crippen LogP contribution in [0.1, 0.15) is 17.5 Å². The molecule has 2 aromatic carbocycles. The summed E-state index contributed by atoms with van der Waals surface area (Å²) in [6.07, 6.45) is 2.01. The number of nitrogens with two attached hydrogens (primary N) is 1. The molecule has 19 heavy (non-hydrogen) atoms. The Hall–Kier alpha value is -1.32. The minimum absolute atomic E-state index is 0.583. The summed E-state index contributed by atoms with van der Waals surface area (Å²) >= 11 is 3.46. The van der Waals surface area contributed by atoms with Gasteiger partial charge in [0.2, 0.25) is 0 Å². The third-order valence-corrected chi connectivity index (χ3v) is 3.36. The summed E-state index contributed by atoms with van der Waals surface area (Å²) in [6.45, 7) is 1.31. The monoisotopic (exact) mass is 319 g/mol. The molecule has 2 nitrogen and oxygen atoms in total. The largest absolute Gasteiger partial charge is 0.489 e. The van der Waals surface area contributed by atoms with E-state index in [0.717, 1.165) is 35.2 Å². The molecule has 0 radical (unpaired) electrons.